The van der Waals surface area contributed by atoms with Gasteiger partial charge in [-0.3, -0.25) is 10.3 Å². The number of amidine groups is 1. The Morgan fingerprint density at radius 3 is 2.64 bits per heavy atom. The molecule has 0 aliphatic rings. The predicted octanol–water partition coefficient (Wildman–Crippen LogP) is 2.12. The third-order valence-corrected chi connectivity index (χ3v) is 1.85. The monoisotopic (exact) mass is 225 g/mol. The van der Waals surface area contributed by atoms with Crippen molar-refractivity contribution in [1.82, 2.24) is 5.32 Å². The van der Waals surface area contributed by atoms with Crippen LogP contribution in [0, 0.1) is 11.5 Å². The first kappa shape index (κ1) is 13.1. The van der Waals surface area contributed by atoms with E-state index in [1.165, 1.54) is 11.8 Å². The smallest absolute Gasteiger partial charge is 0.272 e. The van der Waals surface area contributed by atoms with Crippen LogP contribution in [0.25, 0.3) is 0 Å². The van der Waals surface area contributed by atoms with E-state index in [0.717, 1.165) is 0 Å². The number of aliphatic imine (C=N–C) groups is 1. The van der Waals surface area contributed by atoms with E-state index < -0.39 is 12.6 Å². The van der Waals surface area contributed by atoms with Gasteiger partial charge >= 0.3 is 6.18 Å². The van der Waals surface area contributed by atoms with Crippen LogP contribution in [0.1, 0.15) is 12.8 Å². The number of nitriles is 1. The first-order chi connectivity index (χ1) is 6.49. The minimum Gasteiger partial charge on any atom is -0.272 e. The van der Waals surface area contributed by atoms with Crippen LogP contribution >= 0.6 is 11.8 Å². The summed E-state index contributed by atoms with van der Waals surface area (Å²) in [6, 6.07) is 0. The second-order valence-electron chi connectivity index (χ2n) is 2.35. The van der Waals surface area contributed by atoms with Crippen LogP contribution in [0.3, 0.4) is 0 Å². The lowest BCUT2D eigenvalue weighted by atomic mass is 10.3. The minimum atomic E-state index is -4.13. The molecule has 7 heteroatoms. The quantitative estimate of drug-likeness (QED) is 0.263. The molecule has 0 aromatic rings. The number of rotatable bonds is 3. The van der Waals surface area contributed by atoms with E-state index in [1.807, 2.05) is 0 Å². The van der Waals surface area contributed by atoms with Gasteiger partial charge in [0, 0.05) is 13.0 Å². The van der Waals surface area contributed by atoms with Crippen LogP contribution in [0.2, 0.25) is 0 Å². The molecule has 0 saturated heterocycles. The lowest BCUT2D eigenvalue weighted by Gasteiger charge is -2.04. The van der Waals surface area contributed by atoms with E-state index in [4.69, 9.17) is 5.26 Å². The molecule has 3 nitrogen and oxygen atoms in total. The highest BCUT2D eigenvalue weighted by molar-refractivity contribution is 8.13. The third kappa shape index (κ3) is 7.73. The van der Waals surface area contributed by atoms with Gasteiger partial charge < -0.3 is 0 Å². The Bertz CT molecular complexity index is 231. The van der Waals surface area contributed by atoms with Crippen molar-refractivity contribution in [3.05, 3.63) is 0 Å². The number of nitrogens with zero attached hydrogens (tertiary/aromatic N) is 2. The Morgan fingerprint density at radius 1 is 1.57 bits per heavy atom. The van der Waals surface area contributed by atoms with E-state index in [1.54, 1.807) is 12.4 Å². The SMILES string of the molecule is CSC(=NCCCC(F)(F)F)NC#N. The number of hydrogen-bond acceptors (Lipinski definition) is 3. The van der Waals surface area contributed by atoms with Crippen LogP contribution in [-0.4, -0.2) is 24.1 Å². The summed E-state index contributed by atoms with van der Waals surface area (Å²) in [4.78, 5) is 3.78. The fourth-order valence-electron chi connectivity index (χ4n) is 0.663. The molecule has 14 heavy (non-hydrogen) atoms. The molecular weight excluding hydrogens is 215 g/mol. The number of thioether (sulfide) groups is 1. The van der Waals surface area contributed by atoms with Gasteiger partial charge in [0.1, 0.15) is 0 Å². The molecule has 0 unspecified atom stereocenters. The number of nitrogens with one attached hydrogen (secondary N) is 1. The van der Waals surface area contributed by atoms with Gasteiger partial charge in [-0.25, -0.2) is 0 Å². The van der Waals surface area contributed by atoms with Gasteiger partial charge in [0.05, 0.1) is 0 Å². The van der Waals surface area contributed by atoms with Gasteiger partial charge in [0.2, 0.25) is 0 Å². The Morgan fingerprint density at radius 2 is 2.21 bits per heavy atom. The molecule has 0 bridgehead atoms. The molecule has 0 aliphatic carbocycles. The minimum absolute atomic E-state index is 0.0549. The van der Waals surface area contributed by atoms with Crippen LogP contribution in [0.4, 0.5) is 13.2 Å². The Balaban J connectivity index is 3.75. The van der Waals surface area contributed by atoms with Crippen LogP contribution in [0.15, 0.2) is 4.99 Å². The number of hydrogen-bond donors (Lipinski definition) is 1. The standard InChI is InChI=1S/C7H10F3N3S/c1-14-6(13-5-11)12-4-2-3-7(8,9)10/h2-4H2,1H3,(H,12,13). The van der Waals surface area contributed by atoms with Gasteiger partial charge in [-0.15, -0.1) is 0 Å². The van der Waals surface area contributed by atoms with Crippen molar-refractivity contribution in [2.75, 3.05) is 12.8 Å². The van der Waals surface area contributed by atoms with Crippen molar-refractivity contribution in [1.29, 1.82) is 5.26 Å². The van der Waals surface area contributed by atoms with Crippen molar-refractivity contribution < 1.29 is 13.2 Å². The zero-order valence-electron chi connectivity index (χ0n) is 7.56. The lowest BCUT2D eigenvalue weighted by Crippen LogP contribution is -2.14. The molecule has 0 amide bonds. The average molecular weight is 225 g/mol. The Labute approximate surface area is 84.4 Å². The molecule has 0 aromatic carbocycles. The van der Waals surface area contributed by atoms with Gasteiger partial charge in [0.25, 0.3) is 0 Å². The van der Waals surface area contributed by atoms with Gasteiger partial charge in [-0.2, -0.15) is 18.4 Å². The van der Waals surface area contributed by atoms with Crippen LogP contribution in [0.5, 0.6) is 0 Å². The first-order valence-electron chi connectivity index (χ1n) is 3.80. The fourth-order valence-corrected chi connectivity index (χ4v) is 1.03. The van der Waals surface area contributed by atoms with E-state index in [-0.39, 0.29) is 13.0 Å². The first-order valence-corrected chi connectivity index (χ1v) is 5.02. The summed E-state index contributed by atoms with van der Waals surface area (Å²) >= 11 is 1.19. The number of alkyl halides is 3. The fraction of sp³-hybridized carbons (Fsp3) is 0.714. The van der Waals surface area contributed by atoms with E-state index in [9.17, 15) is 13.2 Å². The molecule has 80 valence electrons. The summed E-state index contributed by atoms with van der Waals surface area (Å²) < 4.78 is 35.1. The molecule has 0 saturated carbocycles. The highest BCUT2D eigenvalue weighted by Crippen LogP contribution is 2.21. The Hall–Kier alpha value is -0.900. The lowest BCUT2D eigenvalue weighted by molar-refractivity contribution is -0.134. The highest BCUT2D eigenvalue weighted by atomic mass is 32.2. The maximum Gasteiger partial charge on any atom is 0.389 e. The Kier molecular flexibility index (Phi) is 6.12. The molecule has 0 radical (unpaired) electrons. The molecule has 0 spiro atoms. The van der Waals surface area contributed by atoms with Crippen molar-refractivity contribution in [2.45, 2.75) is 19.0 Å². The summed E-state index contributed by atoms with van der Waals surface area (Å²) in [7, 11) is 0. The van der Waals surface area contributed by atoms with Crippen molar-refractivity contribution in [3.8, 4) is 6.19 Å². The molecule has 0 rings (SSSR count). The molecule has 0 aromatic heterocycles. The van der Waals surface area contributed by atoms with Crippen LogP contribution < -0.4 is 5.32 Å². The predicted molar refractivity (Wildman–Crippen MR) is 49.9 cm³/mol. The number of halogens is 3. The summed E-state index contributed by atoms with van der Waals surface area (Å²) in [5.41, 5.74) is 0. The largest absolute Gasteiger partial charge is 0.389 e. The van der Waals surface area contributed by atoms with E-state index in [0.29, 0.717) is 5.17 Å². The summed E-state index contributed by atoms with van der Waals surface area (Å²) in [6.45, 7) is 0.0738. The van der Waals surface area contributed by atoms with Crippen LogP contribution in [-0.2, 0) is 0 Å². The second kappa shape index (κ2) is 6.54. The zero-order valence-corrected chi connectivity index (χ0v) is 8.37. The van der Waals surface area contributed by atoms with Gasteiger partial charge in [-0.1, -0.05) is 11.8 Å². The van der Waals surface area contributed by atoms with Crippen molar-refractivity contribution >= 4 is 16.9 Å². The molecule has 0 aliphatic heterocycles. The highest BCUT2D eigenvalue weighted by Gasteiger charge is 2.25. The normalized spacial score (nSPS) is 12.4. The molecular formula is C7H10F3N3S. The summed E-state index contributed by atoms with van der Waals surface area (Å²) in [5, 5.41) is 10.8. The average Bonchev–Trinajstić information content (AvgIpc) is 2.08. The molecule has 0 fully saturated rings. The summed E-state index contributed by atoms with van der Waals surface area (Å²) in [6.07, 6.45) is -1.69. The second-order valence-corrected chi connectivity index (χ2v) is 3.14. The zero-order chi connectivity index (χ0) is 11.0. The van der Waals surface area contributed by atoms with Gasteiger partial charge in [-0.05, 0) is 12.7 Å². The van der Waals surface area contributed by atoms with Gasteiger partial charge in [0.15, 0.2) is 11.4 Å². The van der Waals surface area contributed by atoms with E-state index in [2.05, 4.69) is 10.3 Å². The molecule has 0 atom stereocenters. The molecule has 1 N–H and O–H groups in total. The maximum atomic E-state index is 11.7. The third-order valence-electron chi connectivity index (χ3n) is 1.23. The summed E-state index contributed by atoms with van der Waals surface area (Å²) in [5.74, 6) is 0. The molecule has 0 heterocycles. The topological polar surface area (TPSA) is 48.2 Å². The maximum absolute atomic E-state index is 11.7. The van der Waals surface area contributed by atoms with Crippen molar-refractivity contribution in [2.24, 2.45) is 4.99 Å². The van der Waals surface area contributed by atoms with Crippen molar-refractivity contribution in [3.63, 3.8) is 0 Å². The van der Waals surface area contributed by atoms with E-state index >= 15 is 0 Å².